The first-order valence-electron chi connectivity index (χ1n) is 6.15. The Kier molecular flexibility index (Phi) is 4.75. The van der Waals surface area contributed by atoms with Gasteiger partial charge in [-0.3, -0.25) is 4.98 Å². The minimum atomic E-state index is 0.884. The van der Waals surface area contributed by atoms with Gasteiger partial charge in [0, 0.05) is 37.3 Å². The predicted octanol–water partition coefficient (Wildman–Crippen LogP) is 1.96. The normalized spacial score (nSPS) is 22.4. The lowest BCUT2D eigenvalue weighted by Gasteiger charge is -2.30. The molecule has 4 heteroatoms. The zero-order chi connectivity index (χ0) is 11.2. The SMILES string of the molecule is CC1CCCN(CCNCc2cncs2)C1. The smallest absolute Gasteiger partial charge is 0.0794 e. The molecule has 16 heavy (non-hydrogen) atoms. The number of likely N-dealkylation sites (tertiary alicyclic amines) is 1. The van der Waals surface area contributed by atoms with Crippen molar-refractivity contribution in [1.29, 1.82) is 0 Å². The van der Waals surface area contributed by atoms with Crippen molar-refractivity contribution in [2.45, 2.75) is 26.3 Å². The van der Waals surface area contributed by atoms with Crippen LogP contribution in [0, 0.1) is 5.92 Å². The second-order valence-corrected chi connectivity index (χ2v) is 5.66. The molecule has 2 rings (SSSR count). The first kappa shape index (κ1) is 12.0. The molecule has 1 aliphatic rings. The number of hydrogen-bond acceptors (Lipinski definition) is 4. The van der Waals surface area contributed by atoms with Gasteiger partial charge < -0.3 is 10.2 Å². The Hall–Kier alpha value is -0.450. The van der Waals surface area contributed by atoms with Crippen LogP contribution in [0.5, 0.6) is 0 Å². The molecule has 1 N–H and O–H groups in total. The summed E-state index contributed by atoms with van der Waals surface area (Å²) in [4.78, 5) is 7.97. The Labute approximate surface area is 102 Å². The average molecular weight is 239 g/mol. The molecule has 0 bridgehead atoms. The Morgan fingerprint density at radius 2 is 2.56 bits per heavy atom. The van der Waals surface area contributed by atoms with E-state index in [1.165, 1.54) is 37.4 Å². The molecule has 1 unspecified atom stereocenters. The van der Waals surface area contributed by atoms with E-state index < -0.39 is 0 Å². The fraction of sp³-hybridized carbons (Fsp3) is 0.750. The topological polar surface area (TPSA) is 28.2 Å². The Balaban J connectivity index is 1.57. The highest BCUT2D eigenvalue weighted by Gasteiger charge is 2.15. The minimum Gasteiger partial charge on any atom is -0.311 e. The third-order valence-corrected chi connectivity index (χ3v) is 3.91. The van der Waals surface area contributed by atoms with Crippen molar-refractivity contribution in [3.05, 3.63) is 16.6 Å². The third kappa shape index (κ3) is 3.85. The van der Waals surface area contributed by atoms with Gasteiger partial charge in [0.15, 0.2) is 0 Å². The molecular formula is C12H21N3S. The van der Waals surface area contributed by atoms with Gasteiger partial charge in [-0.25, -0.2) is 0 Å². The molecule has 3 nitrogen and oxygen atoms in total. The molecule has 1 fully saturated rings. The van der Waals surface area contributed by atoms with E-state index in [4.69, 9.17) is 0 Å². The summed E-state index contributed by atoms with van der Waals surface area (Å²) in [5, 5.41) is 3.48. The molecule has 0 saturated carbocycles. The summed E-state index contributed by atoms with van der Waals surface area (Å²) in [7, 11) is 0. The van der Waals surface area contributed by atoms with E-state index in [2.05, 4.69) is 22.1 Å². The van der Waals surface area contributed by atoms with Crippen molar-refractivity contribution < 1.29 is 0 Å². The second kappa shape index (κ2) is 6.33. The van der Waals surface area contributed by atoms with E-state index in [0.29, 0.717) is 0 Å². The fourth-order valence-electron chi connectivity index (χ4n) is 2.27. The van der Waals surface area contributed by atoms with Gasteiger partial charge in [-0.15, -0.1) is 11.3 Å². The zero-order valence-corrected chi connectivity index (χ0v) is 10.8. The standard InChI is InChI=1S/C12H21N3S/c1-11-3-2-5-15(9-11)6-4-13-7-12-8-14-10-16-12/h8,10-11,13H,2-7,9H2,1H3. The Morgan fingerprint density at radius 1 is 1.62 bits per heavy atom. The van der Waals surface area contributed by atoms with Crippen molar-refractivity contribution in [3.63, 3.8) is 0 Å². The van der Waals surface area contributed by atoms with Crippen LogP contribution in [0.2, 0.25) is 0 Å². The molecule has 0 amide bonds. The monoisotopic (exact) mass is 239 g/mol. The first-order valence-corrected chi connectivity index (χ1v) is 7.03. The summed E-state index contributed by atoms with van der Waals surface area (Å²) >= 11 is 1.72. The Bertz CT molecular complexity index is 286. The van der Waals surface area contributed by atoms with Gasteiger partial charge in [-0.1, -0.05) is 6.92 Å². The highest BCUT2D eigenvalue weighted by molar-refractivity contribution is 7.09. The van der Waals surface area contributed by atoms with Gasteiger partial charge in [0.2, 0.25) is 0 Å². The number of piperidine rings is 1. The summed E-state index contributed by atoms with van der Waals surface area (Å²) < 4.78 is 0. The van der Waals surface area contributed by atoms with Crippen LogP contribution >= 0.6 is 11.3 Å². The first-order chi connectivity index (χ1) is 7.84. The number of aromatic nitrogens is 1. The molecule has 1 aliphatic heterocycles. The van der Waals surface area contributed by atoms with Crippen LogP contribution in [0.15, 0.2) is 11.7 Å². The van der Waals surface area contributed by atoms with E-state index in [1.807, 2.05) is 11.7 Å². The van der Waals surface area contributed by atoms with Crippen LogP contribution in [0.25, 0.3) is 0 Å². The maximum atomic E-state index is 4.07. The highest BCUT2D eigenvalue weighted by Crippen LogP contribution is 2.14. The van der Waals surface area contributed by atoms with Crippen molar-refractivity contribution in [1.82, 2.24) is 15.2 Å². The second-order valence-electron chi connectivity index (χ2n) is 4.69. The maximum Gasteiger partial charge on any atom is 0.0794 e. The molecular weight excluding hydrogens is 218 g/mol. The van der Waals surface area contributed by atoms with Crippen molar-refractivity contribution in [2.24, 2.45) is 5.92 Å². The fourth-order valence-corrected chi connectivity index (χ4v) is 2.83. The molecule has 2 heterocycles. The predicted molar refractivity (Wildman–Crippen MR) is 68.7 cm³/mol. The Morgan fingerprint density at radius 3 is 3.31 bits per heavy atom. The van der Waals surface area contributed by atoms with Crippen molar-refractivity contribution in [2.75, 3.05) is 26.2 Å². The van der Waals surface area contributed by atoms with Crippen LogP contribution < -0.4 is 5.32 Å². The van der Waals surface area contributed by atoms with Gasteiger partial charge >= 0.3 is 0 Å². The van der Waals surface area contributed by atoms with E-state index in [1.54, 1.807) is 11.3 Å². The molecule has 1 atom stereocenters. The number of hydrogen-bond donors (Lipinski definition) is 1. The van der Waals surface area contributed by atoms with Gasteiger partial charge in [0.1, 0.15) is 0 Å². The van der Waals surface area contributed by atoms with Crippen LogP contribution in [0.4, 0.5) is 0 Å². The maximum absolute atomic E-state index is 4.07. The van der Waals surface area contributed by atoms with E-state index >= 15 is 0 Å². The number of nitrogens with zero attached hydrogens (tertiary/aromatic N) is 2. The molecule has 1 saturated heterocycles. The van der Waals surface area contributed by atoms with Gasteiger partial charge in [0.05, 0.1) is 5.51 Å². The summed E-state index contributed by atoms with van der Waals surface area (Å²) in [6.45, 7) is 8.16. The molecule has 0 spiro atoms. The number of nitrogens with one attached hydrogen (secondary N) is 1. The lowest BCUT2D eigenvalue weighted by atomic mass is 10.0. The summed E-state index contributed by atoms with van der Waals surface area (Å²) in [6.07, 6.45) is 4.72. The summed E-state index contributed by atoms with van der Waals surface area (Å²) in [5.41, 5.74) is 1.89. The van der Waals surface area contributed by atoms with Crippen molar-refractivity contribution in [3.8, 4) is 0 Å². The van der Waals surface area contributed by atoms with Gasteiger partial charge in [0.25, 0.3) is 0 Å². The number of rotatable bonds is 5. The molecule has 1 aromatic rings. The van der Waals surface area contributed by atoms with Gasteiger partial charge in [-0.05, 0) is 25.3 Å². The molecule has 0 aromatic carbocycles. The molecule has 1 aromatic heterocycles. The molecule has 90 valence electrons. The largest absolute Gasteiger partial charge is 0.311 e. The van der Waals surface area contributed by atoms with E-state index in [0.717, 1.165) is 19.0 Å². The van der Waals surface area contributed by atoms with Crippen LogP contribution in [-0.2, 0) is 6.54 Å². The van der Waals surface area contributed by atoms with Crippen LogP contribution in [0.3, 0.4) is 0 Å². The van der Waals surface area contributed by atoms with Crippen LogP contribution in [-0.4, -0.2) is 36.1 Å². The summed E-state index contributed by atoms with van der Waals surface area (Å²) in [5.74, 6) is 0.884. The average Bonchev–Trinajstić information content (AvgIpc) is 2.77. The minimum absolute atomic E-state index is 0.884. The lowest BCUT2D eigenvalue weighted by molar-refractivity contribution is 0.184. The van der Waals surface area contributed by atoms with E-state index in [-0.39, 0.29) is 0 Å². The highest BCUT2D eigenvalue weighted by atomic mass is 32.1. The summed E-state index contributed by atoms with van der Waals surface area (Å²) in [6, 6.07) is 0. The number of thiazole rings is 1. The third-order valence-electron chi connectivity index (χ3n) is 3.13. The zero-order valence-electron chi connectivity index (χ0n) is 9.98. The molecule has 0 aliphatic carbocycles. The lowest BCUT2D eigenvalue weighted by Crippen LogP contribution is -2.38. The quantitative estimate of drug-likeness (QED) is 0.796. The van der Waals surface area contributed by atoms with E-state index in [9.17, 15) is 0 Å². The molecule has 0 radical (unpaired) electrons. The van der Waals surface area contributed by atoms with Crippen LogP contribution in [0.1, 0.15) is 24.6 Å². The van der Waals surface area contributed by atoms with Crippen molar-refractivity contribution >= 4 is 11.3 Å². The van der Waals surface area contributed by atoms with Gasteiger partial charge in [-0.2, -0.15) is 0 Å².